The van der Waals surface area contributed by atoms with Crippen LogP contribution >= 0.6 is 15.9 Å². The topological polar surface area (TPSA) is 82.4 Å². The van der Waals surface area contributed by atoms with Crippen molar-refractivity contribution in [2.45, 2.75) is 38.7 Å². The highest BCUT2D eigenvalue weighted by Gasteiger charge is 2.24. The summed E-state index contributed by atoms with van der Waals surface area (Å²) >= 11 is 3.51. The summed E-state index contributed by atoms with van der Waals surface area (Å²) in [5, 5.41) is 9.84. The van der Waals surface area contributed by atoms with Gasteiger partial charge in [0.25, 0.3) is 5.82 Å². The first-order chi connectivity index (χ1) is 15.1. The average molecular weight is 479 g/mol. The van der Waals surface area contributed by atoms with Crippen LogP contribution < -0.4 is 20.2 Å². The molecule has 0 atom stereocenters. The molecule has 3 N–H and O–H groups in total. The van der Waals surface area contributed by atoms with Gasteiger partial charge in [-0.1, -0.05) is 30.7 Å². The molecule has 3 aromatic rings. The lowest BCUT2D eigenvalue weighted by atomic mass is 9.91. The van der Waals surface area contributed by atoms with Gasteiger partial charge in [-0.25, -0.2) is 4.98 Å². The van der Waals surface area contributed by atoms with E-state index in [-0.39, 0.29) is 0 Å². The fourth-order valence-corrected chi connectivity index (χ4v) is 4.58. The number of fused-ring (bicyclic) bond motifs is 1. The highest BCUT2D eigenvalue weighted by molar-refractivity contribution is 9.10. The Morgan fingerprint density at radius 3 is 2.68 bits per heavy atom. The third-order valence-corrected chi connectivity index (χ3v) is 6.39. The van der Waals surface area contributed by atoms with Crippen molar-refractivity contribution in [3.8, 4) is 28.7 Å². The van der Waals surface area contributed by atoms with Crippen LogP contribution in [0.5, 0.6) is 11.5 Å². The van der Waals surface area contributed by atoms with Crippen LogP contribution in [0, 0.1) is 11.3 Å². The molecule has 1 aromatic heterocycles. The number of rotatable bonds is 5. The summed E-state index contributed by atoms with van der Waals surface area (Å²) < 4.78 is 12.6. The summed E-state index contributed by atoms with van der Waals surface area (Å²) in [4.78, 5) is 3.28. The molecule has 4 rings (SSSR count). The molecule has 31 heavy (non-hydrogen) atoms. The fraction of sp³-hybridized carbons (Fsp3) is 0.280. The number of benzene rings is 2. The van der Waals surface area contributed by atoms with Crippen molar-refractivity contribution in [1.29, 1.82) is 5.26 Å². The number of halogens is 1. The summed E-state index contributed by atoms with van der Waals surface area (Å²) in [5.41, 5.74) is 11.9. The maximum Gasteiger partial charge on any atom is 0.289 e. The number of H-pyrrole nitrogens is 1. The van der Waals surface area contributed by atoms with E-state index >= 15 is 0 Å². The molecule has 0 bridgehead atoms. The second-order valence-electron chi connectivity index (χ2n) is 7.66. The van der Waals surface area contributed by atoms with E-state index in [2.05, 4.69) is 27.0 Å². The molecule has 0 saturated carbocycles. The van der Waals surface area contributed by atoms with E-state index in [1.54, 1.807) is 7.11 Å². The number of para-hydroxylation sites is 1. The molecule has 158 valence electrons. The molecule has 6 heteroatoms. The molecule has 1 heterocycles. The quantitative estimate of drug-likeness (QED) is 0.508. The summed E-state index contributed by atoms with van der Waals surface area (Å²) in [7, 11) is 1.65. The van der Waals surface area contributed by atoms with Gasteiger partial charge in [0.1, 0.15) is 35.4 Å². The largest absolute Gasteiger partial charge is 0.496 e. The zero-order chi connectivity index (χ0) is 21.8. The Bertz CT molecular complexity index is 1150. The number of aromatic nitrogens is 1. The minimum Gasteiger partial charge on any atom is -0.496 e. The van der Waals surface area contributed by atoms with E-state index in [0.29, 0.717) is 18.0 Å². The summed E-state index contributed by atoms with van der Waals surface area (Å²) in [6.45, 7) is 0.375. The minimum absolute atomic E-state index is 0.375. The smallest absolute Gasteiger partial charge is 0.289 e. The molecular weight excluding hydrogens is 454 g/mol. The Kier molecular flexibility index (Phi) is 6.43. The number of nitrogens with one attached hydrogen (secondary N) is 1. The van der Waals surface area contributed by atoms with E-state index in [4.69, 9.17) is 15.2 Å². The molecule has 0 saturated heterocycles. The van der Waals surface area contributed by atoms with Crippen LogP contribution in [-0.4, -0.2) is 7.11 Å². The number of aromatic amines is 1. The van der Waals surface area contributed by atoms with Crippen LogP contribution in [0.15, 0.2) is 46.9 Å². The molecule has 0 amide bonds. The minimum atomic E-state index is 0.375. The first-order valence-electron chi connectivity index (χ1n) is 10.4. The van der Waals surface area contributed by atoms with Gasteiger partial charge in [0.05, 0.1) is 11.6 Å². The zero-order valence-corrected chi connectivity index (χ0v) is 19.1. The SMILES string of the molecule is COc1cc(-c2c(C#N)c(N)[nH+]c3c2CCCCC3)ccc1COc1ccccc1Br. The number of pyridine rings is 1. The van der Waals surface area contributed by atoms with Crippen LogP contribution in [0.3, 0.4) is 0 Å². The van der Waals surface area contributed by atoms with Crippen molar-refractivity contribution in [1.82, 2.24) is 0 Å². The van der Waals surface area contributed by atoms with Crippen LogP contribution in [-0.2, 0) is 19.4 Å². The molecule has 0 spiro atoms. The van der Waals surface area contributed by atoms with Crippen LogP contribution in [0.2, 0.25) is 0 Å². The highest BCUT2D eigenvalue weighted by Crippen LogP contribution is 2.36. The van der Waals surface area contributed by atoms with Crippen LogP contribution in [0.4, 0.5) is 5.82 Å². The number of nitrogen functional groups attached to an aromatic ring is 1. The number of hydrogen-bond acceptors (Lipinski definition) is 4. The first kappa shape index (κ1) is 21.2. The van der Waals surface area contributed by atoms with Crippen molar-refractivity contribution in [2.75, 3.05) is 12.8 Å². The van der Waals surface area contributed by atoms with Gasteiger partial charge < -0.3 is 9.47 Å². The van der Waals surface area contributed by atoms with Crippen LogP contribution in [0.1, 0.15) is 41.6 Å². The molecule has 5 nitrogen and oxygen atoms in total. The van der Waals surface area contributed by atoms with Gasteiger partial charge in [0.15, 0.2) is 0 Å². The van der Waals surface area contributed by atoms with E-state index < -0.39 is 0 Å². The lowest BCUT2D eigenvalue weighted by molar-refractivity contribution is -0.373. The average Bonchev–Trinajstić information content (AvgIpc) is 3.02. The van der Waals surface area contributed by atoms with Crippen molar-refractivity contribution >= 4 is 21.7 Å². The van der Waals surface area contributed by atoms with Crippen molar-refractivity contribution in [3.63, 3.8) is 0 Å². The van der Waals surface area contributed by atoms with Gasteiger partial charge in [-0.2, -0.15) is 5.26 Å². The number of nitriles is 1. The summed E-state index contributed by atoms with van der Waals surface area (Å²) in [6.07, 6.45) is 5.30. The Morgan fingerprint density at radius 2 is 1.90 bits per heavy atom. The normalized spacial score (nSPS) is 13.1. The number of nitrogens with zero attached hydrogens (tertiary/aromatic N) is 1. The van der Waals surface area contributed by atoms with E-state index in [1.165, 1.54) is 12.0 Å². The molecule has 2 aromatic carbocycles. The standard InChI is InChI=1S/C25H24BrN3O2/c1-30-23-13-16(11-12-17(23)15-31-22-10-6-5-8-20(22)26)24-18-7-3-2-4-9-21(18)29-25(28)19(24)14-27/h5-6,8,10-13H,2-4,7,9,15H2,1H3,(H2,28,29)/p+1. The molecule has 0 radical (unpaired) electrons. The Labute approximate surface area is 191 Å². The maximum atomic E-state index is 9.84. The maximum absolute atomic E-state index is 9.84. The van der Waals surface area contributed by atoms with Crippen LogP contribution in [0.25, 0.3) is 11.1 Å². The number of aryl methyl sites for hydroxylation is 1. The predicted molar refractivity (Wildman–Crippen MR) is 124 cm³/mol. The third-order valence-electron chi connectivity index (χ3n) is 5.73. The van der Waals surface area contributed by atoms with Gasteiger partial charge in [-0.3, -0.25) is 5.73 Å². The van der Waals surface area contributed by atoms with Crippen molar-refractivity contribution < 1.29 is 14.5 Å². The van der Waals surface area contributed by atoms with Gasteiger partial charge in [-0.05, 0) is 59.0 Å². The van der Waals surface area contributed by atoms with Gasteiger partial charge in [-0.15, -0.1) is 0 Å². The number of anilines is 1. The Hall–Kier alpha value is -3.04. The lowest BCUT2D eigenvalue weighted by Crippen LogP contribution is -2.22. The number of ether oxygens (including phenoxy) is 2. The van der Waals surface area contributed by atoms with Crippen molar-refractivity contribution in [3.05, 3.63) is 69.3 Å². The Morgan fingerprint density at radius 1 is 1.10 bits per heavy atom. The highest BCUT2D eigenvalue weighted by atomic mass is 79.9. The first-order valence-corrected chi connectivity index (χ1v) is 11.2. The lowest BCUT2D eigenvalue weighted by Gasteiger charge is -2.16. The number of methoxy groups -OCH3 is 1. The molecule has 0 unspecified atom stereocenters. The molecule has 0 fully saturated rings. The van der Waals surface area contributed by atoms with Crippen molar-refractivity contribution in [2.24, 2.45) is 0 Å². The second-order valence-corrected chi connectivity index (χ2v) is 8.52. The molecule has 0 aliphatic heterocycles. The number of nitrogens with two attached hydrogens (primary N) is 1. The molecular formula is C25H25BrN3O2+. The van der Waals surface area contributed by atoms with Gasteiger partial charge >= 0.3 is 0 Å². The van der Waals surface area contributed by atoms with E-state index in [0.717, 1.165) is 64.0 Å². The van der Waals surface area contributed by atoms with Gasteiger partial charge in [0.2, 0.25) is 0 Å². The predicted octanol–water partition coefficient (Wildman–Crippen LogP) is 5.24. The fourth-order valence-electron chi connectivity index (χ4n) is 4.18. The third kappa shape index (κ3) is 4.38. The molecule has 1 aliphatic rings. The van der Waals surface area contributed by atoms with Gasteiger partial charge in [0, 0.05) is 23.1 Å². The molecule has 1 aliphatic carbocycles. The van der Waals surface area contributed by atoms with E-state index in [1.807, 2.05) is 42.5 Å². The summed E-state index contributed by atoms with van der Waals surface area (Å²) in [5.74, 6) is 1.93. The number of hydrogen-bond donors (Lipinski definition) is 1. The summed E-state index contributed by atoms with van der Waals surface area (Å²) in [6, 6.07) is 16.1. The Balaban J connectivity index is 1.74. The van der Waals surface area contributed by atoms with E-state index in [9.17, 15) is 5.26 Å². The zero-order valence-electron chi connectivity index (χ0n) is 17.5. The second kappa shape index (κ2) is 9.40. The monoisotopic (exact) mass is 478 g/mol.